The maximum atomic E-state index is 3.46. The Hall–Kier alpha value is -0.600. The second-order valence-electron chi connectivity index (χ2n) is 3.62. The monoisotopic (exact) mass is 280 g/mol. The lowest BCUT2D eigenvalue weighted by Gasteiger charge is -1.94. The minimum atomic E-state index is 1.04. The lowest BCUT2D eigenvalue weighted by molar-refractivity contribution is 1.14. The van der Waals surface area contributed by atoms with Crippen molar-refractivity contribution in [2.45, 2.75) is 13.3 Å². The van der Waals surface area contributed by atoms with Crippen molar-refractivity contribution in [3.05, 3.63) is 40.8 Å². The van der Waals surface area contributed by atoms with E-state index in [9.17, 15) is 0 Å². The Morgan fingerprint density at radius 2 is 2.20 bits per heavy atom. The Morgan fingerprint density at radius 3 is 2.93 bits per heavy atom. The number of hydrogen-bond donors (Lipinski definition) is 0. The summed E-state index contributed by atoms with van der Waals surface area (Å²) in [5.41, 5.74) is 1.43. The van der Waals surface area contributed by atoms with Gasteiger partial charge in [-0.05, 0) is 36.9 Å². The molecule has 0 spiro atoms. The molecule has 0 unspecified atom stereocenters. The van der Waals surface area contributed by atoms with Gasteiger partial charge in [-0.25, -0.2) is 0 Å². The van der Waals surface area contributed by atoms with Crippen LogP contribution in [0.1, 0.15) is 18.2 Å². The third kappa shape index (κ3) is 2.70. The number of hydrogen-bond acceptors (Lipinski definition) is 1. The molecule has 0 fully saturated rings. The van der Waals surface area contributed by atoms with E-state index in [-0.39, 0.29) is 0 Å². The van der Waals surface area contributed by atoms with Crippen molar-refractivity contribution in [2.24, 2.45) is 0 Å². The normalized spacial score (nSPS) is 12.3. The molecule has 1 aromatic carbocycles. The van der Waals surface area contributed by atoms with E-state index in [0.717, 1.165) is 11.8 Å². The van der Waals surface area contributed by atoms with Crippen molar-refractivity contribution in [3.63, 3.8) is 0 Å². The van der Waals surface area contributed by atoms with Crippen LogP contribution < -0.4 is 0 Å². The van der Waals surface area contributed by atoms with E-state index in [1.807, 2.05) is 11.3 Å². The molecule has 0 bridgehead atoms. The summed E-state index contributed by atoms with van der Waals surface area (Å²) in [5, 5.41) is 2.39. The molecule has 0 amide bonds. The Labute approximate surface area is 103 Å². The van der Waals surface area contributed by atoms with Gasteiger partial charge in [0.2, 0.25) is 0 Å². The van der Waals surface area contributed by atoms with Crippen molar-refractivity contribution in [1.29, 1.82) is 0 Å². The van der Waals surface area contributed by atoms with Crippen LogP contribution in [0.25, 0.3) is 16.2 Å². The molecule has 0 saturated heterocycles. The molecule has 2 heteroatoms. The molecule has 0 aliphatic rings. The van der Waals surface area contributed by atoms with Gasteiger partial charge in [-0.15, -0.1) is 11.3 Å². The van der Waals surface area contributed by atoms with Crippen LogP contribution in [0.3, 0.4) is 0 Å². The van der Waals surface area contributed by atoms with Crippen LogP contribution in [-0.2, 0) is 0 Å². The second-order valence-corrected chi connectivity index (χ2v) is 5.52. The molecular weight excluding hydrogens is 268 g/mol. The highest BCUT2D eigenvalue weighted by molar-refractivity contribution is 9.09. The van der Waals surface area contributed by atoms with E-state index in [1.54, 1.807) is 0 Å². The summed E-state index contributed by atoms with van der Waals surface area (Å²) in [5.74, 6) is 0. The highest BCUT2D eigenvalue weighted by Gasteiger charge is 1.98. The van der Waals surface area contributed by atoms with Gasteiger partial charge in [-0.1, -0.05) is 39.7 Å². The number of allylic oxidation sites excluding steroid dienone is 1. The summed E-state index contributed by atoms with van der Waals surface area (Å²) in [6.45, 7) is 2.19. The van der Waals surface area contributed by atoms with Gasteiger partial charge in [-0.3, -0.25) is 0 Å². The molecule has 1 aromatic heterocycles. The average Bonchev–Trinajstić information content (AvgIpc) is 2.59. The third-order valence-electron chi connectivity index (χ3n) is 2.32. The summed E-state index contributed by atoms with van der Waals surface area (Å²) in [4.78, 5) is 1.36. The first-order valence-electron chi connectivity index (χ1n) is 5.01. The number of fused-ring (bicyclic) bond motifs is 1. The molecule has 0 saturated carbocycles. The Kier molecular flexibility index (Phi) is 3.60. The van der Waals surface area contributed by atoms with Crippen LogP contribution in [0, 0.1) is 0 Å². The minimum absolute atomic E-state index is 1.04. The Balaban J connectivity index is 2.33. The van der Waals surface area contributed by atoms with Crippen molar-refractivity contribution in [2.75, 3.05) is 5.33 Å². The summed E-state index contributed by atoms with van der Waals surface area (Å²) in [6, 6.07) is 10.8. The fourth-order valence-electron chi connectivity index (χ4n) is 1.54. The quantitative estimate of drug-likeness (QED) is 0.687. The van der Waals surface area contributed by atoms with Crippen LogP contribution in [0.4, 0.5) is 0 Å². The van der Waals surface area contributed by atoms with E-state index in [0.29, 0.717) is 0 Å². The molecule has 0 radical (unpaired) electrons. The minimum Gasteiger partial charge on any atom is -0.136 e. The molecule has 0 aliphatic heterocycles. The van der Waals surface area contributed by atoms with Crippen LogP contribution in [0.5, 0.6) is 0 Å². The molecule has 78 valence electrons. The van der Waals surface area contributed by atoms with Gasteiger partial charge in [0, 0.05) is 14.9 Å². The van der Waals surface area contributed by atoms with Gasteiger partial charge in [-0.2, -0.15) is 0 Å². The summed E-state index contributed by atoms with van der Waals surface area (Å²) in [7, 11) is 0. The molecule has 15 heavy (non-hydrogen) atoms. The topological polar surface area (TPSA) is 0 Å². The largest absolute Gasteiger partial charge is 0.136 e. The molecule has 0 atom stereocenters. The zero-order valence-electron chi connectivity index (χ0n) is 8.66. The van der Waals surface area contributed by atoms with Crippen molar-refractivity contribution >= 4 is 43.4 Å². The number of rotatable bonds is 3. The van der Waals surface area contributed by atoms with Gasteiger partial charge < -0.3 is 0 Å². The van der Waals surface area contributed by atoms with Gasteiger partial charge in [0.1, 0.15) is 0 Å². The third-order valence-corrected chi connectivity index (χ3v) is 3.78. The van der Waals surface area contributed by atoms with Crippen LogP contribution in [-0.4, -0.2) is 5.33 Å². The smallest absolute Gasteiger partial charge is 0.0349 e. The lowest BCUT2D eigenvalue weighted by Crippen LogP contribution is -1.76. The van der Waals surface area contributed by atoms with E-state index in [4.69, 9.17) is 0 Å². The lowest BCUT2D eigenvalue weighted by atomic mass is 10.2. The maximum Gasteiger partial charge on any atom is 0.0349 e. The van der Waals surface area contributed by atoms with Gasteiger partial charge >= 0.3 is 0 Å². The van der Waals surface area contributed by atoms with Gasteiger partial charge in [0.15, 0.2) is 0 Å². The molecule has 0 aliphatic carbocycles. The maximum absolute atomic E-state index is 3.46. The van der Waals surface area contributed by atoms with Crippen molar-refractivity contribution < 1.29 is 0 Å². The Morgan fingerprint density at radius 1 is 1.40 bits per heavy atom. The number of thiophene rings is 1. The molecule has 0 N–H and O–H groups in total. The molecular formula is C13H13BrS. The molecule has 0 nitrogen and oxygen atoms in total. The van der Waals surface area contributed by atoms with Crippen molar-refractivity contribution in [1.82, 2.24) is 0 Å². The number of alkyl halides is 1. The fraction of sp³-hybridized carbons (Fsp3) is 0.231. The average molecular weight is 281 g/mol. The molecule has 2 rings (SSSR count). The first-order chi connectivity index (χ1) is 7.29. The fourth-order valence-corrected chi connectivity index (χ4v) is 3.25. The first-order valence-corrected chi connectivity index (χ1v) is 6.95. The number of benzene rings is 1. The predicted molar refractivity (Wildman–Crippen MR) is 73.9 cm³/mol. The summed E-state index contributed by atoms with van der Waals surface area (Å²) >= 11 is 5.32. The predicted octanol–water partition coefficient (Wildman–Crippen LogP) is 5.09. The van der Waals surface area contributed by atoms with E-state index < -0.39 is 0 Å². The van der Waals surface area contributed by atoms with Crippen LogP contribution in [0.2, 0.25) is 0 Å². The molecule has 1 heterocycles. The van der Waals surface area contributed by atoms with Crippen molar-refractivity contribution in [3.8, 4) is 0 Å². The SMILES string of the molecule is C/C(=C\c1cc2ccccc2s1)CCBr. The number of halogens is 1. The standard InChI is InChI=1S/C13H13BrS/c1-10(6-7-14)8-12-9-11-4-2-3-5-13(11)15-12/h2-5,8-9H,6-7H2,1H3/b10-8+. The van der Waals surface area contributed by atoms with E-state index in [2.05, 4.69) is 59.3 Å². The van der Waals surface area contributed by atoms with E-state index >= 15 is 0 Å². The summed E-state index contributed by atoms with van der Waals surface area (Å²) in [6.07, 6.45) is 3.40. The second kappa shape index (κ2) is 4.95. The van der Waals surface area contributed by atoms with E-state index in [1.165, 1.54) is 20.5 Å². The van der Waals surface area contributed by atoms with Crippen LogP contribution >= 0.6 is 27.3 Å². The zero-order valence-corrected chi connectivity index (χ0v) is 11.1. The van der Waals surface area contributed by atoms with Gasteiger partial charge in [0.05, 0.1) is 0 Å². The summed E-state index contributed by atoms with van der Waals surface area (Å²) < 4.78 is 1.37. The molecule has 2 aromatic rings. The highest BCUT2D eigenvalue weighted by atomic mass is 79.9. The zero-order chi connectivity index (χ0) is 10.7. The Bertz CT molecular complexity index is 449. The highest BCUT2D eigenvalue weighted by Crippen LogP contribution is 2.27. The first kappa shape index (κ1) is 10.9. The van der Waals surface area contributed by atoms with Crippen LogP contribution in [0.15, 0.2) is 35.9 Å². The van der Waals surface area contributed by atoms with Gasteiger partial charge in [0.25, 0.3) is 0 Å².